The van der Waals surface area contributed by atoms with Gasteiger partial charge in [-0.15, -0.1) is 0 Å². The molecule has 0 saturated heterocycles. The molecule has 0 aromatic carbocycles. The van der Waals surface area contributed by atoms with Crippen LogP contribution in [0.15, 0.2) is 0 Å². The second kappa shape index (κ2) is 5.67. The number of carbonyl (C=O) groups excluding carboxylic acids is 1. The van der Waals surface area contributed by atoms with Gasteiger partial charge >= 0.3 is 0 Å². The Labute approximate surface area is 99.2 Å². The zero-order chi connectivity index (χ0) is 12.2. The van der Waals surface area contributed by atoms with E-state index in [1.165, 1.54) is 12.8 Å². The van der Waals surface area contributed by atoms with Crippen molar-refractivity contribution in [2.24, 2.45) is 17.6 Å². The summed E-state index contributed by atoms with van der Waals surface area (Å²) in [7, 11) is 0. The minimum atomic E-state index is -0.176. The van der Waals surface area contributed by atoms with E-state index in [0.717, 1.165) is 25.3 Å². The smallest absolute Gasteiger partial charge is 0.219 e. The first-order valence-electron chi connectivity index (χ1n) is 6.53. The zero-order valence-electron chi connectivity index (χ0n) is 10.9. The van der Waals surface area contributed by atoms with Crippen molar-refractivity contribution >= 4 is 5.91 Å². The Bertz CT molecular complexity index is 238. The SMILES string of the molecule is CCCNC1(CC(N)=O)CCC(C)CC1C. The molecule has 1 fully saturated rings. The van der Waals surface area contributed by atoms with Gasteiger partial charge in [0.25, 0.3) is 0 Å². The van der Waals surface area contributed by atoms with Crippen LogP contribution in [0.4, 0.5) is 0 Å². The molecule has 3 unspecified atom stereocenters. The molecule has 1 aliphatic carbocycles. The largest absolute Gasteiger partial charge is 0.370 e. The number of amides is 1. The maximum absolute atomic E-state index is 11.2. The van der Waals surface area contributed by atoms with Gasteiger partial charge in [0.05, 0.1) is 0 Å². The molecule has 0 aromatic rings. The van der Waals surface area contributed by atoms with Crippen LogP contribution >= 0.6 is 0 Å². The summed E-state index contributed by atoms with van der Waals surface area (Å²) in [6, 6.07) is 0. The molecule has 0 radical (unpaired) electrons. The van der Waals surface area contributed by atoms with Gasteiger partial charge in [0.1, 0.15) is 0 Å². The Morgan fingerprint density at radius 3 is 2.69 bits per heavy atom. The lowest BCUT2D eigenvalue weighted by molar-refractivity contribution is -0.120. The lowest BCUT2D eigenvalue weighted by atomic mass is 9.68. The molecule has 0 aromatic heterocycles. The second-order valence-electron chi connectivity index (χ2n) is 5.51. The number of nitrogens with one attached hydrogen (secondary N) is 1. The lowest BCUT2D eigenvalue weighted by Gasteiger charge is -2.45. The van der Waals surface area contributed by atoms with Crippen molar-refractivity contribution < 1.29 is 4.79 Å². The van der Waals surface area contributed by atoms with Gasteiger partial charge in [-0.3, -0.25) is 4.79 Å². The number of nitrogens with two attached hydrogens (primary N) is 1. The summed E-state index contributed by atoms with van der Waals surface area (Å²) in [5, 5.41) is 3.59. The first-order valence-corrected chi connectivity index (χ1v) is 6.53. The quantitative estimate of drug-likeness (QED) is 0.754. The van der Waals surface area contributed by atoms with Gasteiger partial charge in [-0.05, 0) is 44.1 Å². The van der Waals surface area contributed by atoms with Crippen LogP contribution in [-0.2, 0) is 4.79 Å². The summed E-state index contributed by atoms with van der Waals surface area (Å²) in [4.78, 5) is 11.2. The fraction of sp³-hybridized carbons (Fsp3) is 0.923. The molecule has 3 nitrogen and oxygen atoms in total. The van der Waals surface area contributed by atoms with Crippen molar-refractivity contribution in [3.8, 4) is 0 Å². The maximum Gasteiger partial charge on any atom is 0.219 e. The summed E-state index contributed by atoms with van der Waals surface area (Å²) in [5.41, 5.74) is 5.36. The van der Waals surface area contributed by atoms with E-state index in [2.05, 4.69) is 26.1 Å². The summed E-state index contributed by atoms with van der Waals surface area (Å²) >= 11 is 0. The highest BCUT2D eigenvalue weighted by molar-refractivity contribution is 5.75. The minimum Gasteiger partial charge on any atom is -0.370 e. The van der Waals surface area contributed by atoms with Gasteiger partial charge in [-0.25, -0.2) is 0 Å². The molecule has 0 bridgehead atoms. The Hall–Kier alpha value is -0.570. The van der Waals surface area contributed by atoms with Gasteiger partial charge in [-0.1, -0.05) is 20.8 Å². The van der Waals surface area contributed by atoms with Crippen molar-refractivity contribution in [3.05, 3.63) is 0 Å². The number of hydrogen-bond acceptors (Lipinski definition) is 2. The summed E-state index contributed by atoms with van der Waals surface area (Å²) in [6.45, 7) is 7.68. The van der Waals surface area contributed by atoms with Gasteiger partial charge in [0.2, 0.25) is 5.91 Å². The van der Waals surface area contributed by atoms with Crippen LogP contribution in [0.3, 0.4) is 0 Å². The number of primary amides is 1. The highest BCUT2D eigenvalue weighted by Crippen LogP contribution is 2.38. The predicted octanol–water partition coefficient (Wildman–Crippen LogP) is 2.06. The highest BCUT2D eigenvalue weighted by Gasteiger charge is 2.40. The predicted molar refractivity (Wildman–Crippen MR) is 67.0 cm³/mol. The van der Waals surface area contributed by atoms with Crippen LogP contribution in [0, 0.1) is 11.8 Å². The van der Waals surface area contributed by atoms with Crippen molar-refractivity contribution in [1.82, 2.24) is 5.32 Å². The average molecular weight is 226 g/mol. The van der Waals surface area contributed by atoms with E-state index >= 15 is 0 Å². The molecule has 16 heavy (non-hydrogen) atoms. The topological polar surface area (TPSA) is 55.1 Å². The van der Waals surface area contributed by atoms with Crippen LogP contribution in [0.2, 0.25) is 0 Å². The van der Waals surface area contributed by atoms with Gasteiger partial charge < -0.3 is 11.1 Å². The number of rotatable bonds is 5. The highest BCUT2D eigenvalue weighted by atomic mass is 16.1. The molecule has 0 heterocycles. The van der Waals surface area contributed by atoms with Crippen molar-refractivity contribution in [2.75, 3.05) is 6.54 Å². The third kappa shape index (κ3) is 3.21. The molecule has 94 valence electrons. The Morgan fingerprint density at radius 2 is 2.19 bits per heavy atom. The van der Waals surface area contributed by atoms with Gasteiger partial charge in [0, 0.05) is 12.0 Å². The third-order valence-corrected chi connectivity index (χ3v) is 4.00. The average Bonchev–Trinajstić information content (AvgIpc) is 2.20. The van der Waals surface area contributed by atoms with Crippen LogP contribution in [0.5, 0.6) is 0 Å². The molecule has 3 N–H and O–H groups in total. The van der Waals surface area contributed by atoms with Crippen LogP contribution < -0.4 is 11.1 Å². The molecule has 1 aliphatic rings. The minimum absolute atomic E-state index is 0.0334. The molecule has 0 aliphatic heterocycles. The molecular formula is C13H26N2O. The van der Waals surface area contributed by atoms with E-state index in [0.29, 0.717) is 12.3 Å². The van der Waals surface area contributed by atoms with E-state index in [-0.39, 0.29) is 11.4 Å². The van der Waals surface area contributed by atoms with E-state index < -0.39 is 0 Å². The first kappa shape index (κ1) is 13.5. The lowest BCUT2D eigenvalue weighted by Crippen LogP contribution is -2.55. The molecule has 3 atom stereocenters. The van der Waals surface area contributed by atoms with Crippen molar-refractivity contribution in [3.63, 3.8) is 0 Å². The Balaban J connectivity index is 2.72. The van der Waals surface area contributed by atoms with E-state index in [9.17, 15) is 4.79 Å². The normalized spacial score (nSPS) is 34.9. The molecule has 1 rings (SSSR count). The third-order valence-electron chi connectivity index (χ3n) is 4.00. The molecule has 1 saturated carbocycles. The fourth-order valence-electron chi connectivity index (χ4n) is 2.97. The van der Waals surface area contributed by atoms with Gasteiger partial charge in [-0.2, -0.15) is 0 Å². The van der Waals surface area contributed by atoms with Crippen molar-refractivity contribution in [1.29, 1.82) is 0 Å². The number of carbonyl (C=O) groups is 1. The fourth-order valence-corrected chi connectivity index (χ4v) is 2.97. The van der Waals surface area contributed by atoms with Crippen LogP contribution in [-0.4, -0.2) is 18.0 Å². The first-order chi connectivity index (χ1) is 7.50. The van der Waals surface area contributed by atoms with Gasteiger partial charge in [0.15, 0.2) is 0 Å². The zero-order valence-corrected chi connectivity index (χ0v) is 10.9. The standard InChI is InChI=1S/C13H26N2O/c1-4-7-15-13(9-12(14)16)6-5-10(2)8-11(13)3/h10-11,15H,4-9H2,1-3H3,(H2,14,16). The molecule has 1 amide bonds. The number of hydrogen-bond donors (Lipinski definition) is 2. The Kier molecular flexibility index (Phi) is 4.78. The van der Waals surface area contributed by atoms with Crippen molar-refractivity contribution in [2.45, 2.75) is 58.4 Å². The van der Waals surface area contributed by atoms with E-state index in [1.807, 2.05) is 0 Å². The summed E-state index contributed by atoms with van der Waals surface area (Å²) in [5.74, 6) is 1.14. The molecular weight excluding hydrogens is 200 g/mol. The van der Waals surface area contributed by atoms with E-state index in [4.69, 9.17) is 5.73 Å². The Morgan fingerprint density at radius 1 is 1.50 bits per heavy atom. The summed E-state index contributed by atoms with van der Waals surface area (Å²) < 4.78 is 0. The van der Waals surface area contributed by atoms with Crippen LogP contribution in [0.25, 0.3) is 0 Å². The second-order valence-corrected chi connectivity index (χ2v) is 5.51. The maximum atomic E-state index is 11.2. The molecule has 3 heteroatoms. The molecule has 0 spiro atoms. The summed E-state index contributed by atoms with van der Waals surface area (Å²) in [6.07, 6.45) is 5.07. The monoisotopic (exact) mass is 226 g/mol. The van der Waals surface area contributed by atoms with E-state index in [1.54, 1.807) is 0 Å². The van der Waals surface area contributed by atoms with Crippen LogP contribution in [0.1, 0.15) is 52.9 Å².